The average molecular weight is 241 g/mol. The van der Waals surface area contributed by atoms with Crippen LogP contribution in [-0.4, -0.2) is 23.4 Å². The summed E-state index contributed by atoms with van der Waals surface area (Å²) in [7, 11) is 4.18. The zero-order valence-electron chi connectivity index (χ0n) is 11.3. The molecule has 0 fully saturated rings. The molecule has 0 radical (unpaired) electrons. The van der Waals surface area contributed by atoms with Gasteiger partial charge in [-0.2, -0.15) is 5.10 Å². The lowest BCUT2D eigenvalue weighted by molar-refractivity contribution is 0.743. The Morgan fingerprint density at radius 1 is 1.17 bits per heavy atom. The molecule has 0 saturated heterocycles. The van der Waals surface area contributed by atoms with Gasteiger partial charge in [0, 0.05) is 31.9 Å². The van der Waals surface area contributed by atoms with E-state index >= 15 is 0 Å². The molecule has 94 valence electrons. The summed E-state index contributed by atoms with van der Waals surface area (Å²) in [6, 6.07) is 8.92. The number of hydrogen-bond acceptors (Lipinski definition) is 2. The molecule has 1 aliphatic rings. The van der Waals surface area contributed by atoms with Crippen molar-refractivity contribution in [3.8, 4) is 11.3 Å². The molecule has 3 rings (SSSR count). The SMILES string of the molecule is Cc1cc(-c2ccc3c(c2)CCCN3C)n(C)n1. The molecule has 3 nitrogen and oxygen atoms in total. The first-order valence-electron chi connectivity index (χ1n) is 6.50. The fraction of sp³-hybridized carbons (Fsp3) is 0.400. The normalized spacial score (nSPS) is 14.7. The molecular weight excluding hydrogens is 222 g/mol. The minimum atomic E-state index is 1.07. The van der Waals surface area contributed by atoms with Crippen LogP contribution in [0.25, 0.3) is 11.3 Å². The lowest BCUT2D eigenvalue weighted by atomic mass is 9.98. The third kappa shape index (κ3) is 1.80. The van der Waals surface area contributed by atoms with Gasteiger partial charge in [0.15, 0.2) is 0 Å². The summed E-state index contributed by atoms with van der Waals surface area (Å²) in [5.74, 6) is 0. The molecule has 1 aromatic carbocycles. The van der Waals surface area contributed by atoms with Gasteiger partial charge in [0.05, 0.1) is 11.4 Å². The molecule has 2 aromatic rings. The second-order valence-electron chi connectivity index (χ2n) is 5.16. The molecule has 0 N–H and O–H groups in total. The minimum absolute atomic E-state index is 1.07. The number of rotatable bonds is 1. The van der Waals surface area contributed by atoms with Gasteiger partial charge < -0.3 is 4.90 Å². The fourth-order valence-corrected chi connectivity index (χ4v) is 2.83. The van der Waals surface area contributed by atoms with Gasteiger partial charge in [-0.15, -0.1) is 0 Å². The van der Waals surface area contributed by atoms with Crippen LogP contribution in [-0.2, 0) is 13.5 Å². The van der Waals surface area contributed by atoms with Crippen LogP contribution in [0.4, 0.5) is 5.69 Å². The van der Waals surface area contributed by atoms with E-state index in [1.807, 2.05) is 18.7 Å². The number of aryl methyl sites for hydroxylation is 3. The number of benzene rings is 1. The summed E-state index contributed by atoms with van der Waals surface area (Å²) in [6.07, 6.45) is 2.43. The molecule has 0 amide bonds. The highest BCUT2D eigenvalue weighted by Gasteiger charge is 2.15. The maximum absolute atomic E-state index is 4.42. The van der Waals surface area contributed by atoms with Crippen molar-refractivity contribution >= 4 is 5.69 Å². The topological polar surface area (TPSA) is 21.1 Å². The summed E-state index contributed by atoms with van der Waals surface area (Å²) in [5.41, 5.74) is 6.38. The van der Waals surface area contributed by atoms with E-state index < -0.39 is 0 Å². The number of anilines is 1. The van der Waals surface area contributed by atoms with E-state index in [4.69, 9.17) is 0 Å². The monoisotopic (exact) mass is 241 g/mol. The predicted octanol–water partition coefficient (Wildman–Crippen LogP) is 2.78. The Kier molecular flexibility index (Phi) is 2.62. The van der Waals surface area contributed by atoms with E-state index in [9.17, 15) is 0 Å². The molecular formula is C15H19N3. The first kappa shape index (κ1) is 11.3. The second kappa shape index (κ2) is 4.16. The zero-order chi connectivity index (χ0) is 12.7. The van der Waals surface area contributed by atoms with Gasteiger partial charge in [-0.25, -0.2) is 0 Å². The van der Waals surface area contributed by atoms with Crippen molar-refractivity contribution < 1.29 is 0 Å². The van der Waals surface area contributed by atoms with Gasteiger partial charge in [0.2, 0.25) is 0 Å². The maximum Gasteiger partial charge on any atom is 0.0681 e. The first-order chi connectivity index (χ1) is 8.65. The van der Waals surface area contributed by atoms with Gasteiger partial charge in [0.1, 0.15) is 0 Å². The molecule has 0 saturated carbocycles. The molecule has 0 spiro atoms. The summed E-state index contributed by atoms with van der Waals surface area (Å²) in [4.78, 5) is 2.34. The number of fused-ring (bicyclic) bond motifs is 1. The lowest BCUT2D eigenvalue weighted by Gasteiger charge is -2.27. The van der Waals surface area contributed by atoms with Gasteiger partial charge >= 0.3 is 0 Å². The summed E-state index contributed by atoms with van der Waals surface area (Å²) < 4.78 is 1.96. The summed E-state index contributed by atoms with van der Waals surface area (Å²) in [6.45, 7) is 3.20. The largest absolute Gasteiger partial charge is 0.374 e. The Morgan fingerprint density at radius 2 is 2.00 bits per heavy atom. The third-order valence-electron chi connectivity index (χ3n) is 3.73. The van der Waals surface area contributed by atoms with E-state index in [0.717, 1.165) is 12.2 Å². The maximum atomic E-state index is 4.42. The smallest absolute Gasteiger partial charge is 0.0681 e. The second-order valence-corrected chi connectivity index (χ2v) is 5.16. The van der Waals surface area contributed by atoms with Crippen molar-refractivity contribution in [2.75, 3.05) is 18.5 Å². The van der Waals surface area contributed by atoms with Crippen molar-refractivity contribution in [1.29, 1.82) is 0 Å². The summed E-state index contributed by atoms with van der Waals surface area (Å²) in [5, 5.41) is 4.42. The Bertz CT molecular complexity index is 583. The van der Waals surface area contributed by atoms with Gasteiger partial charge in [0.25, 0.3) is 0 Å². The predicted molar refractivity (Wildman–Crippen MR) is 75.0 cm³/mol. The number of hydrogen-bond donors (Lipinski definition) is 0. The van der Waals surface area contributed by atoms with Crippen LogP contribution in [0.3, 0.4) is 0 Å². The van der Waals surface area contributed by atoms with E-state index in [0.29, 0.717) is 0 Å². The van der Waals surface area contributed by atoms with Crippen LogP contribution < -0.4 is 4.90 Å². The van der Waals surface area contributed by atoms with E-state index in [1.165, 1.54) is 35.3 Å². The zero-order valence-corrected chi connectivity index (χ0v) is 11.3. The highest BCUT2D eigenvalue weighted by molar-refractivity contribution is 5.67. The van der Waals surface area contributed by atoms with Crippen molar-refractivity contribution in [1.82, 2.24) is 9.78 Å². The van der Waals surface area contributed by atoms with Crippen LogP contribution in [0.15, 0.2) is 24.3 Å². The quantitative estimate of drug-likeness (QED) is 0.765. The van der Waals surface area contributed by atoms with Gasteiger partial charge in [-0.1, -0.05) is 6.07 Å². The number of nitrogens with zero attached hydrogens (tertiary/aromatic N) is 3. The van der Waals surface area contributed by atoms with Crippen LogP contribution in [0.5, 0.6) is 0 Å². The van der Waals surface area contributed by atoms with Crippen LogP contribution in [0.2, 0.25) is 0 Å². The molecule has 0 aliphatic carbocycles. The van der Waals surface area contributed by atoms with Crippen LogP contribution >= 0.6 is 0 Å². The Labute approximate surface area is 108 Å². The number of aromatic nitrogens is 2. The Morgan fingerprint density at radius 3 is 2.72 bits per heavy atom. The van der Waals surface area contributed by atoms with Crippen LogP contribution in [0.1, 0.15) is 17.7 Å². The van der Waals surface area contributed by atoms with Crippen molar-refractivity contribution in [3.05, 3.63) is 35.5 Å². The van der Waals surface area contributed by atoms with Crippen LogP contribution in [0, 0.1) is 6.92 Å². The molecule has 3 heteroatoms. The summed E-state index contributed by atoms with van der Waals surface area (Å²) >= 11 is 0. The highest BCUT2D eigenvalue weighted by atomic mass is 15.3. The molecule has 18 heavy (non-hydrogen) atoms. The van der Waals surface area contributed by atoms with Gasteiger partial charge in [-0.3, -0.25) is 4.68 Å². The first-order valence-corrected chi connectivity index (χ1v) is 6.50. The molecule has 0 unspecified atom stereocenters. The van der Waals surface area contributed by atoms with Crippen molar-refractivity contribution in [2.24, 2.45) is 7.05 Å². The minimum Gasteiger partial charge on any atom is -0.374 e. The van der Waals surface area contributed by atoms with Crippen molar-refractivity contribution in [3.63, 3.8) is 0 Å². The fourth-order valence-electron chi connectivity index (χ4n) is 2.83. The standard InChI is InChI=1S/C15H19N3/c1-11-9-15(18(3)16-11)13-6-7-14-12(10-13)5-4-8-17(14)2/h6-7,9-10H,4-5,8H2,1-3H3. The molecule has 1 aromatic heterocycles. The molecule has 2 heterocycles. The Hall–Kier alpha value is -1.77. The van der Waals surface area contributed by atoms with Gasteiger partial charge in [-0.05, 0) is 43.5 Å². The third-order valence-corrected chi connectivity index (χ3v) is 3.73. The average Bonchev–Trinajstić information content (AvgIpc) is 2.68. The molecule has 0 atom stereocenters. The van der Waals surface area contributed by atoms with E-state index in [-0.39, 0.29) is 0 Å². The highest BCUT2D eigenvalue weighted by Crippen LogP contribution is 2.30. The van der Waals surface area contributed by atoms with E-state index in [1.54, 1.807) is 0 Å². The lowest BCUT2D eigenvalue weighted by Crippen LogP contribution is -2.24. The molecule has 1 aliphatic heterocycles. The van der Waals surface area contributed by atoms with E-state index in [2.05, 4.69) is 41.3 Å². The molecule has 0 bridgehead atoms. The van der Waals surface area contributed by atoms with Crippen molar-refractivity contribution in [2.45, 2.75) is 19.8 Å². The Balaban J connectivity index is 2.07.